The van der Waals surface area contributed by atoms with Gasteiger partial charge in [-0.25, -0.2) is 4.98 Å². The molecule has 0 amide bonds. The summed E-state index contributed by atoms with van der Waals surface area (Å²) < 4.78 is 6.14. The van der Waals surface area contributed by atoms with Crippen molar-refractivity contribution in [3.63, 3.8) is 0 Å². The van der Waals surface area contributed by atoms with Crippen LogP contribution in [0.4, 0.5) is 0 Å². The average Bonchev–Trinajstić information content (AvgIpc) is 3.29. The number of fused-ring (bicyclic) bond motifs is 3. The van der Waals surface area contributed by atoms with Gasteiger partial charge in [0.25, 0.3) is 0 Å². The van der Waals surface area contributed by atoms with Crippen molar-refractivity contribution in [2.45, 2.75) is 0 Å². The monoisotopic (exact) mass is 361 g/mol. The maximum Gasteiger partial charge on any atom is 0.162 e. The lowest BCUT2D eigenvalue weighted by Gasteiger charge is -2.07. The molecule has 0 radical (unpaired) electrons. The van der Waals surface area contributed by atoms with Crippen molar-refractivity contribution < 1.29 is 4.42 Å². The maximum atomic E-state index is 6.42. The third-order valence-electron chi connectivity index (χ3n) is 4.26. The van der Waals surface area contributed by atoms with Gasteiger partial charge in [0.1, 0.15) is 11.1 Å². The Morgan fingerprint density at radius 2 is 1.72 bits per heavy atom. The Hall–Kier alpha value is -2.62. The largest absolute Gasteiger partial charge is 0.454 e. The summed E-state index contributed by atoms with van der Waals surface area (Å²) in [6.07, 6.45) is 0. The van der Waals surface area contributed by atoms with Gasteiger partial charge in [0.2, 0.25) is 0 Å². The molecule has 0 aliphatic heterocycles. The fraction of sp³-hybridized carbons (Fsp3) is 0. The van der Waals surface area contributed by atoms with E-state index in [0.717, 1.165) is 43.8 Å². The molecule has 0 N–H and O–H groups in total. The van der Waals surface area contributed by atoms with Crippen molar-refractivity contribution in [2.75, 3.05) is 0 Å². The Balaban J connectivity index is 1.92. The van der Waals surface area contributed by atoms with Gasteiger partial charge in [-0.15, -0.1) is 11.3 Å². The minimum Gasteiger partial charge on any atom is -0.454 e. The average molecular weight is 362 g/mol. The van der Waals surface area contributed by atoms with Crippen LogP contribution in [0, 0.1) is 0 Å². The Labute approximate surface area is 153 Å². The summed E-state index contributed by atoms with van der Waals surface area (Å²) in [5.41, 5.74) is 5.36. The lowest BCUT2D eigenvalue weighted by atomic mass is 10.1. The first-order chi connectivity index (χ1) is 12.3. The van der Waals surface area contributed by atoms with E-state index < -0.39 is 0 Å². The molecule has 0 unspecified atom stereocenters. The van der Waals surface area contributed by atoms with Crippen LogP contribution >= 0.6 is 22.9 Å². The molecule has 0 saturated carbocycles. The molecule has 3 aromatic heterocycles. The predicted octanol–water partition coefficient (Wildman–Crippen LogP) is 7.03. The molecule has 5 rings (SSSR count). The van der Waals surface area contributed by atoms with Crippen LogP contribution in [-0.2, 0) is 0 Å². The van der Waals surface area contributed by atoms with Crippen molar-refractivity contribution in [3.8, 4) is 21.7 Å². The van der Waals surface area contributed by atoms with Crippen molar-refractivity contribution >= 4 is 45.0 Å². The molecule has 0 bridgehead atoms. The van der Waals surface area contributed by atoms with Crippen LogP contribution in [0.15, 0.2) is 76.5 Å². The molecule has 0 fully saturated rings. The number of hydrogen-bond acceptors (Lipinski definition) is 3. The number of aromatic nitrogens is 1. The molecule has 0 saturated heterocycles. The maximum absolute atomic E-state index is 6.42. The first kappa shape index (κ1) is 14.7. The van der Waals surface area contributed by atoms with Gasteiger partial charge in [-0.2, -0.15) is 0 Å². The molecular formula is C21H12ClNOS. The topological polar surface area (TPSA) is 26.0 Å². The van der Waals surface area contributed by atoms with E-state index in [2.05, 4.69) is 17.5 Å². The van der Waals surface area contributed by atoms with Crippen LogP contribution in [0.3, 0.4) is 0 Å². The van der Waals surface area contributed by atoms with Gasteiger partial charge in [0.15, 0.2) is 5.58 Å². The second kappa shape index (κ2) is 5.73. The van der Waals surface area contributed by atoms with E-state index in [4.69, 9.17) is 21.0 Å². The zero-order valence-electron chi connectivity index (χ0n) is 13.1. The fourth-order valence-corrected chi connectivity index (χ4v) is 4.07. The second-order valence-electron chi connectivity index (χ2n) is 5.79. The Morgan fingerprint density at radius 3 is 2.56 bits per heavy atom. The van der Waals surface area contributed by atoms with Gasteiger partial charge in [-0.3, -0.25) is 0 Å². The molecule has 0 atom stereocenters. The Kier molecular flexibility index (Phi) is 3.37. The molecule has 2 aromatic carbocycles. The zero-order valence-corrected chi connectivity index (χ0v) is 14.6. The second-order valence-corrected chi connectivity index (χ2v) is 7.14. The van der Waals surface area contributed by atoms with Crippen molar-refractivity contribution in [3.05, 3.63) is 77.1 Å². The van der Waals surface area contributed by atoms with E-state index in [-0.39, 0.29) is 0 Å². The van der Waals surface area contributed by atoms with Crippen LogP contribution in [-0.4, -0.2) is 4.98 Å². The predicted molar refractivity (Wildman–Crippen MR) is 105 cm³/mol. The number of para-hydroxylation sites is 1. The van der Waals surface area contributed by atoms with Gasteiger partial charge < -0.3 is 4.42 Å². The number of hydrogen-bond donors (Lipinski definition) is 0. The van der Waals surface area contributed by atoms with E-state index in [1.165, 1.54) is 0 Å². The normalized spacial score (nSPS) is 11.4. The van der Waals surface area contributed by atoms with Crippen LogP contribution in [0.2, 0.25) is 5.02 Å². The number of nitrogens with zero attached hydrogens (tertiary/aromatic N) is 1. The lowest BCUT2D eigenvalue weighted by molar-refractivity contribution is 0.669. The molecule has 5 aromatic rings. The first-order valence-corrected chi connectivity index (χ1v) is 9.18. The van der Waals surface area contributed by atoms with E-state index in [1.807, 2.05) is 54.6 Å². The van der Waals surface area contributed by atoms with Gasteiger partial charge in [-0.05, 0) is 35.7 Å². The van der Waals surface area contributed by atoms with E-state index in [1.54, 1.807) is 11.3 Å². The fourth-order valence-electron chi connectivity index (χ4n) is 3.10. The highest BCUT2D eigenvalue weighted by Gasteiger charge is 2.17. The van der Waals surface area contributed by atoms with Gasteiger partial charge in [0.05, 0.1) is 5.69 Å². The summed E-state index contributed by atoms with van der Waals surface area (Å²) in [5, 5.41) is 3.78. The molecule has 2 nitrogen and oxygen atoms in total. The summed E-state index contributed by atoms with van der Waals surface area (Å²) in [6.45, 7) is 0. The summed E-state index contributed by atoms with van der Waals surface area (Å²) >= 11 is 8.11. The highest BCUT2D eigenvalue weighted by molar-refractivity contribution is 7.13. The first-order valence-electron chi connectivity index (χ1n) is 7.92. The summed E-state index contributed by atoms with van der Waals surface area (Å²) in [4.78, 5) is 6.04. The van der Waals surface area contributed by atoms with Crippen LogP contribution in [0.5, 0.6) is 0 Å². The summed E-state index contributed by atoms with van der Waals surface area (Å²) in [5.74, 6) is 0. The molecule has 0 aliphatic carbocycles. The van der Waals surface area contributed by atoms with E-state index in [9.17, 15) is 0 Å². The summed E-state index contributed by atoms with van der Waals surface area (Å²) in [7, 11) is 0. The number of pyridine rings is 1. The highest BCUT2D eigenvalue weighted by atomic mass is 35.5. The molecule has 3 heterocycles. The van der Waals surface area contributed by atoms with Crippen LogP contribution < -0.4 is 0 Å². The third-order valence-corrected chi connectivity index (χ3v) is 5.50. The van der Waals surface area contributed by atoms with Crippen LogP contribution in [0.1, 0.15) is 0 Å². The molecule has 25 heavy (non-hydrogen) atoms. The van der Waals surface area contributed by atoms with Crippen molar-refractivity contribution in [2.24, 2.45) is 0 Å². The molecular weight excluding hydrogens is 350 g/mol. The highest BCUT2D eigenvalue weighted by Crippen LogP contribution is 2.39. The smallest absolute Gasteiger partial charge is 0.162 e. The lowest BCUT2D eigenvalue weighted by Crippen LogP contribution is -1.87. The quantitative estimate of drug-likeness (QED) is 0.337. The van der Waals surface area contributed by atoms with Gasteiger partial charge >= 0.3 is 0 Å². The minimum atomic E-state index is 0.694. The number of thiophene rings is 1. The number of furan rings is 1. The molecule has 4 heteroatoms. The SMILES string of the molecule is Clc1ccccc1-c1cc(-c2cccs2)c2oc3ccccc3c2n1. The van der Waals surface area contributed by atoms with Gasteiger partial charge in [0, 0.05) is 26.4 Å². The molecule has 0 aliphatic rings. The molecule has 120 valence electrons. The van der Waals surface area contributed by atoms with E-state index in [0.29, 0.717) is 5.02 Å². The number of rotatable bonds is 2. The van der Waals surface area contributed by atoms with Crippen LogP contribution in [0.25, 0.3) is 43.8 Å². The Bertz CT molecular complexity index is 1210. The minimum absolute atomic E-state index is 0.694. The third kappa shape index (κ3) is 2.36. The standard InChI is InChI=1S/C21H12ClNOS/c22-16-8-3-1-6-13(16)17-12-15(19-10-5-11-25-19)21-20(23-17)14-7-2-4-9-18(14)24-21/h1-12H. The van der Waals surface area contributed by atoms with Gasteiger partial charge in [-0.1, -0.05) is 48.0 Å². The Morgan fingerprint density at radius 1 is 0.880 bits per heavy atom. The number of benzene rings is 2. The van der Waals surface area contributed by atoms with E-state index >= 15 is 0 Å². The summed E-state index contributed by atoms with van der Waals surface area (Å²) in [6, 6.07) is 22.0. The molecule has 0 spiro atoms. The number of halogens is 1. The zero-order chi connectivity index (χ0) is 16.8. The van der Waals surface area contributed by atoms with Crippen molar-refractivity contribution in [1.29, 1.82) is 0 Å². The van der Waals surface area contributed by atoms with Crippen molar-refractivity contribution in [1.82, 2.24) is 4.98 Å².